The average Bonchev–Trinajstić information content (AvgIpc) is 2.63. The van der Waals surface area contributed by atoms with Crippen molar-refractivity contribution in [1.29, 1.82) is 0 Å². The van der Waals surface area contributed by atoms with Crippen LogP contribution in [0.15, 0.2) is 60.7 Å². The van der Waals surface area contributed by atoms with Crippen molar-refractivity contribution in [3.63, 3.8) is 0 Å². The molecule has 1 aliphatic rings. The number of amides is 2. The number of nitrogens with one attached hydrogen (secondary N) is 1. The number of carbonyl (C=O) groups excluding carboxylic acids is 2. The summed E-state index contributed by atoms with van der Waals surface area (Å²) in [6.07, 6.45) is 0.181. The van der Waals surface area contributed by atoms with Crippen molar-refractivity contribution in [3.8, 4) is 0 Å². The van der Waals surface area contributed by atoms with Crippen molar-refractivity contribution in [2.24, 2.45) is 5.73 Å². The minimum absolute atomic E-state index is 0.102. The Morgan fingerprint density at radius 1 is 1.12 bits per heavy atom. The maximum atomic E-state index is 12.8. The average molecular weight is 323 g/mol. The van der Waals surface area contributed by atoms with E-state index in [1.54, 1.807) is 4.90 Å². The molecule has 1 saturated heterocycles. The van der Waals surface area contributed by atoms with Gasteiger partial charge in [0.25, 0.3) is 0 Å². The summed E-state index contributed by atoms with van der Waals surface area (Å²) in [5.41, 5.74) is 7.91. The van der Waals surface area contributed by atoms with Crippen LogP contribution in [0, 0.1) is 0 Å². The third-order valence-electron chi connectivity index (χ3n) is 4.27. The summed E-state index contributed by atoms with van der Waals surface area (Å²) < 4.78 is 0. The lowest BCUT2D eigenvalue weighted by Gasteiger charge is -2.36. The highest BCUT2D eigenvalue weighted by molar-refractivity contribution is 5.90. The molecular weight excluding hydrogens is 302 g/mol. The van der Waals surface area contributed by atoms with Gasteiger partial charge in [-0.05, 0) is 11.1 Å². The lowest BCUT2D eigenvalue weighted by Crippen LogP contribution is -2.52. The molecule has 1 aliphatic heterocycles. The van der Waals surface area contributed by atoms with Crippen LogP contribution in [0.2, 0.25) is 0 Å². The monoisotopic (exact) mass is 323 g/mol. The molecule has 24 heavy (non-hydrogen) atoms. The highest BCUT2D eigenvalue weighted by Crippen LogP contribution is 2.25. The Bertz CT molecular complexity index is 703. The molecule has 2 atom stereocenters. The van der Waals surface area contributed by atoms with Crippen LogP contribution in [0.25, 0.3) is 0 Å². The smallest absolute Gasteiger partial charge is 0.247 e. The van der Waals surface area contributed by atoms with Crippen LogP contribution >= 0.6 is 0 Å². The van der Waals surface area contributed by atoms with Gasteiger partial charge in [-0.1, -0.05) is 60.7 Å². The quantitative estimate of drug-likeness (QED) is 0.900. The van der Waals surface area contributed by atoms with Crippen LogP contribution in [0.4, 0.5) is 0 Å². The van der Waals surface area contributed by atoms with Crippen LogP contribution in [-0.4, -0.2) is 29.8 Å². The van der Waals surface area contributed by atoms with Crippen LogP contribution in [0.3, 0.4) is 0 Å². The maximum Gasteiger partial charge on any atom is 0.247 e. The van der Waals surface area contributed by atoms with Gasteiger partial charge < -0.3 is 16.0 Å². The van der Waals surface area contributed by atoms with Crippen molar-refractivity contribution in [1.82, 2.24) is 10.2 Å². The Morgan fingerprint density at radius 2 is 1.75 bits per heavy atom. The van der Waals surface area contributed by atoms with Gasteiger partial charge in [0.05, 0.1) is 0 Å². The Hall–Kier alpha value is -2.66. The van der Waals surface area contributed by atoms with Crippen LogP contribution in [0.5, 0.6) is 0 Å². The molecule has 0 spiro atoms. The van der Waals surface area contributed by atoms with E-state index >= 15 is 0 Å². The number of rotatable bonds is 4. The Kier molecular flexibility index (Phi) is 4.91. The standard InChI is InChI=1S/C19H21N3O2/c20-16(14-7-3-1-4-8-14)13-17(23)22-12-11-21-19(24)18(22)15-9-5-2-6-10-15/h1-10,16,18H,11-13,20H2,(H,21,24). The molecule has 0 radical (unpaired) electrons. The molecule has 1 heterocycles. The summed E-state index contributed by atoms with van der Waals surface area (Å²) in [5, 5.41) is 2.84. The van der Waals surface area contributed by atoms with E-state index in [0.717, 1.165) is 11.1 Å². The first-order valence-electron chi connectivity index (χ1n) is 8.09. The number of hydrogen-bond donors (Lipinski definition) is 2. The van der Waals surface area contributed by atoms with Gasteiger partial charge in [0.15, 0.2) is 0 Å². The van der Waals surface area contributed by atoms with E-state index in [2.05, 4.69) is 5.32 Å². The lowest BCUT2D eigenvalue weighted by molar-refractivity contribution is -0.143. The maximum absolute atomic E-state index is 12.8. The van der Waals surface area contributed by atoms with Gasteiger partial charge in [0, 0.05) is 25.6 Å². The van der Waals surface area contributed by atoms with Crippen LogP contribution in [0.1, 0.15) is 29.6 Å². The molecule has 1 fully saturated rings. The molecule has 5 nitrogen and oxygen atoms in total. The SMILES string of the molecule is NC(CC(=O)N1CCNC(=O)C1c1ccccc1)c1ccccc1. The Balaban J connectivity index is 1.78. The largest absolute Gasteiger partial charge is 0.352 e. The van der Waals surface area contributed by atoms with Gasteiger partial charge >= 0.3 is 0 Å². The zero-order valence-electron chi connectivity index (χ0n) is 13.4. The second kappa shape index (κ2) is 7.27. The Morgan fingerprint density at radius 3 is 2.42 bits per heavy atom. The fourth-order valence-electron chi connectivity index (χ4n) is 3.03. The predicted molar refractivity (Wildman–Crippen MR) is 91.9 cm³/mol. The molecule has 2 aromatic rings. The number of nitrogens with two attached hydrogens (primary N) is 1. The van der Waals surface area contributed by atoms with E-state index in [4.69, 9.17) is 5.73 Å². The number of hydrogen-bond acceptors (Lipinski definition) is 3. The van der Waals surface area contributed by atoms with Crippen molar-refractivity contribution in [3.05, 3.63) is 71.8 Å². The molecular formula is C19H21N3O2. The predicted octanol–water partition coefficient (Wildman–Crippen LogP) is 1.78. The summed E-state index contributed by atoms with van der Waals surface area (Å²) in [4.78, 5) is 26.7. The van der Waals surface area contributed by atoms with Gasteiger partial charge in [0.1, 0.15) is 6.04 Å². The molecule has 3 N–H and O–H groups in total. The fraction of sp³-hybridized carbons (Fsp3) is 0.263. The van der Waals surface area contributed by atoms with E-state index in [9.17, 15) is 9.59 Å². The molecule has 0 aromatic heterocycles. The van der Waals surface area contributed by atoms with Gasteiger partial charge in [-0.15, -0.1) is 0 Å². The first-order valence-corrected chi connectivity index (χ1v) is 8.09. The van der Waals surface area contributed by atoms with E-state index in [-0.39, 0.29) is 24.3 Å². The first-order chi connectivity index (χ1) is 11.7. The van der Waals surface area contributed by atoms with Crippen molar-refractivity contribution in [2.45, 2.75) is 18.5 Å². The third-order valence-corrected chi connectivity index (χ3v) is 4.27. The van der Waals surface area contributed by atoms with Crippen molar-refractivity contribution < 1.29 is 9.59 Å². The zero-order chi connectivity index (χ0) is 16.9. The Labute approximate surface area is 141 Å². The second-order valence-corrected chi connectivity index (χ2v) is 5.91. The summed E-state index contributed by atoms with van der Waals surface area (Å²) >= 11 is 0. The van der Waals surface area contributed by atoms with E-state index in [1.165, 1.54) is 0 Å². The summed E-state index contributed by atoms with van der Waals surface area (Å²) in [6.45, 7) is 0.958. The third kappa shape index (κ3) is 3.46. The van der Waals surface area contributed by atoms with E-state index in [1.807, 2.05) is 60.7 Å². The lowest BCUT2D eigenvalue weighted by atomic mass is 9.99. The van der Waals surface area contributed by atoms with Gasteiger partial charge in [-0.3, -0.25) is 9.59 Å². The second-order valence-electron chi connectivity index (χ2n) is 5.91. The molecule has 0 bridgehead atoms. The number of benzene rings is 2. The van der Waals surface area contributed by atoms with Crippen molar-refractivity contribution >= 4 is 11.8 Å². The minimum atomic E-state index is -0.588. The first kappa shape index (κ1) is 16.2. The van der Waals surface area contributed by atoms with Gasteiger partial charge in [-0.25, -0.2) is 0 Å². The van der Waals surface area contributed by atoms with Crippen LogP contribution < -0.4 is 11.1 Å². The number of carbonyl (C=O) groups is 2. The normalized spacial score (nSPS) is 18.8. The van der Waals surface area contributed by atoms with Crippen molar-refractivity contribution in [2.75, 3.05) is 13.1 Å². The van der Waals surface area contributed by atoms with Gasteiger partial charge in [0.2, 0.25) is 11.8 Å². The molecule has 5 heteroatoms. The van der Waals surface area contributed by atoms with E-state index in [0.29, 0.717) is 13.1 Å². The van der Waals surface area contributed by atoms with Gasteiger partial charge in [-0.2, -0.15) is 0 Å². The summed E-state index contributed by atoms with van der Waals surface area (Å²) in [7, 11) is 0. The molecule has 2 aromatic carbocycles. The number of nitrogens with zero attached hydrogens (tertiary/aromatic N) is 1. The summed E-state index contributed by atoms with van der Waals surface area (Å²) in [6, 6.07) is 18.0. The highest BCUT2D eigenvalue weighted by Gasteiger charge is 2.34. The molecule has 3 rings (SSSR count). The highest BCUT2D eigenvalue weighted by atomic mass is 16.2. The molecule has 0 saturated carbocycles. The minimum Gasteiger partial charge on any atom is -0.352 e. The zero-order valence-corrected chi connectivity index (χ0v) is 13.4. The molecule has 2 amide bonds. The van der Waals surface area contributed by atoms with Crippen LogP contribution in [-0.2, 0) is 9.59 Å². The fourth-order valence-corrected chi connectivity index (χ4v) is 3.03. The molecule has 124 valence electrons. The molecule has 2 unspecified atom stereocenters. The number of piperazine rings is 1. The topological polar surface area (TPSA) is 75.4 Å². The molecule has 0 aliphatic carbocycles. The summed E-state index contributed by atoms with van der Waals surface area (Å²) in [5.74, 6) is -0.246. The van der Waals surface area contributed by atoms with E-state index < -0.39 is 6.04 Å².